The van der Waals surface area contributed by atoms with Crippen LogP contribution >= 0.6 is 12.4 Å². The van der Waals surface area contributed by atoms with Crippen molar-refractivity contribution in [3.8, 4) is 5.75 Å². The standard InChI is InChI=1S/C25H26N4O5S.ClH/c30-24(28-17-15-26-16-18-28)19-27-25(31)20-11-13-23(14-12-20)35(32,33)29(21-7-3-1-4-8-21)34-22-9-5-2-6-10-22;/h1-14,26H,15-19H2,(H,27,31);1H. The van der Waals surface area contributed by atoms with Gasteiger partial charge in [-0.05, 0) is 48.5 Å². The van der Waals surface area contributed by atoms with Crippen molar-refractivity contribution in [2.24, 2.45) is 0 Å². The number of halogens is 1. The summed E-state index contributed by atoms with van der Waals surface area (Å²) in [5.74, 6) is -0.265. The van der Waals surface area contributed by atoms with E-state index in [1.807, 2.05) is 0 Å². The van der Waals surface area contributed by atoms with Gasteiger partial charge in [-0.15, -0.1) is 12.4 Å². The lowest BCUT2D eigenvalue weighted by Gasteiger charge is -2.27. The predicted molar refractivity (Wildman–Crippen MR) is 139 cm³/mol. The van der Waals surface area contributed by atoms with E-state index in [0.29, 0.717) is 24.5 Å². The van der Waals surface area contributed by atoms with Crippen LogP contribution < -0.4 is 19.9 Å². The molecule has 1 aliphatic heterocycles. The van der Waals surface area contributed by atoms with E-state index < -0.39 is 15.9 Å². The Balaban J connectivity index is 0.00000361. The highest BCUT2D eigenvalue weighted by atomic mass is 35.5. The molecule has 3 aromatic carbocycles. The van der Waals surface area contributed by atoms with E-state index in [1.165, 1.54) is 24.3 Å². The third kappa shape index (κ3) is 6.54. The number of hydrogen-bond acceptors (Lipinski definition) is 6. The minimum Gasteiger partial charge on any atom is -0.364 e. The molecule has 0 atom stereocenters. The van der Waals surface area contributed by atoms with Crippen LogP contribution in [0.5, 0.6) is 5.75 Å². The SMILES string of the molecule is Cl.O=C(NCC(=O)N1CCNCC1)c1ccc(S(=O)(=O)N(Oc2ccccc2)c2ccccc2)cc1. The first kappa shape index (κ1) is 27.0. The van der Waals surface area contributed by atoms with Gasteiger partial charge in [0.15, 0.2) is 5.75 Å². The van der Waals surface area contributed by atoms with E-state index in [1.54, 1.807) is 65.6 Å². The van der Waals surface area contributed by atoms with E-state index >= 15 is 0 Å². The number of carbonyl (C=O) groups excluding carboxylic acids is 2. The number of para-hydroxylation sites is 2. The summed E-state index contributed by atoms with van der Waals surface area (Å²) in [5.41, 5.74) is 0.567. The van der Waals surface area contributed by atoms with Crippen molar-refractivity contribution in [2.75, 3.05) is 37.2 Å². The second-order valence-corrected chi connectivity index (χ2v) is 9.56. The molecule has 0 unspecified atom stereocenters. The molecular formula is C25H27ClN4O5S. The van der Waals surface area contributed by atoms with Crippen molar-refractivity contribution in [1.82, 2.24) is 15.5 Å². The summed E-state index contributed by atoms with van der Waals surface area (Å²) in [6.45, 7) is 2.53. The van der Waals surface area contributed by atoms with Gasteiger partial charge in [0, 0.05) is 31.7 Å². The van der Waals surface area contributed by atoms with Crippen molar-refractivity contribution in [2.45, 2.75) is 4.90 Å². The second-order valence-electron chi connectivity index (χ2n) is 7.81. The lowest BCUT2D eigenvalue weighted by molar-refractivity contribution is -0.130. The van der Waals surface area contributed by atoms with Crippen LogP contribution in [0.2, 0.25) is 0 Å². The van der Waals surface area contributed by atoms with Gasteiger partial charge in [0.25, 0.3) is 15.9 Å². The maximum absolute atomic E-state index is 13.5. The Bertz CT molecular complexity index is 1250. The zero-order valence-electron chi connectivity index (χ0n) is 19.4. The first-order valence-corrected chi connectivity index (χ1v) is 12.6. The van der Waals surface area contributed by atoms with E-state index in [9.17, 15) is 18.0 Å². The minimum absolute atomic E-state index is 0. The first-order chi connectivity index (χ1) is 16.9. The Morgan fingerprint density at radius 3 is 2.08 bits per heavy atom. The molecule has 1 heterocycles. The van der Waals surface area contributed by atoms with Crippen molar-refractivity contribution in [3.63, 3.8) is 0 Å². The van der Waals surface area contributed by atoms with Crippen LogP contribution in [0.4, 0.5) is 5.69 Å². The second kappa shape index (κ2) is 12.4. The van der Waals surface area contributed by atoms with Crippen molar-refractivity contribution in [1.29, 1.82) is 0 Å². The molecule has 1 fully saturated rings. The van der Waals surface area contributed by atoms with Gasteiger partial charge in [-0.3, -0.25) is 9.59 Å². The summed E-state index contributed by atoms with van der Waals surface area (Å²) in [7, 11) is -4.12. The number of nitrogens with zero attached hydrogens (tertiary/aromatic N) is 2. The maximum Gasteiger partial charge on any atom is 0.295 e. The van der Waals surface area contributed by atoms with Crippen LogP contribution in [-0.4, -0.2) is 57.9 Å². The molecule has 2 amide bonds. The quantitative estimate of drug-likeness (QED) is 0.433. The fourth-order valence-corrected chi connectivity index (χ4v) is 4.78. The molecule has 0 bridgehead atoms. The summed E-state index contributed by atoms with van der Waals surface area (Å²) >= 11 is 0. The predicted octanol–water partition coefficient (Wildman–Crippen LogP) is 2.46. The summed E-state index contributed by atoms with van der Waals surface area (Å²) in [6.07, 6.45) is 0. The zero-order valence-corrected chi connectivity index (χ0v) is 21.0. The fourth-order valence-electron chi connectivity index (χ4n) is 3.53. The largest absolute Gasteiger partial charge is 0.364 e. The van der Waals surface area contributed by atoms with Crippen LogP contribution in [0, 0.1) is 0 Å². The molecule has 1 aliphatic rings. The molecule has 0 saturated carbocycles. The normalized spacial score (nSPS) is 13.3. The average Bonchev–Trinajstić information content (AvgIpc) is 2.91. The molecule has 36 heavy (non-hydrogen) atoms. The third-order valence-electron chi connectivity index (χ3n) is 5.40. The van der Waals surface area contributed by atoms with Gasteiger partial charge in [-0.1, -0.05) is 40.9 Å². The first-order valence-electron chi connectivity index (χ1n) is 11.2. The Morgan fingerprint density at radius 2 is 1.47 bits per heavy atom. The lowest BCUT2D eigenvalue weighted by atomic mass is 10.2. The summed E-state index contributed by atoms with van der Waals surface area (Å²) in [5, 5.41) is 5.77. The average molecular weight is 531 g/mol. The zero-order chi connectivity index (χ0) is 24.7. The number of sulfonamides is 1. The lowest BCUT2D eigenvalue weighted by Crippen LogP contribution is -2.49. The Morgan fingerprint density at radius 1 is 0.889 bits per heavy atom. The summed E-state index contributed by atoms with van der Waals surface area (Å²) < 4.78 is 27.8. The van der Waals surface area contributed by atoms with Crippen molar-refractivity contribution >= 4 is 39.9 Å². The topological polar surface area (TPSA) is 108 Å². The van der Waals surface area contributed by atoms with Gasteiger partial charge < -0.3 is 20.4 Å². The minimum atomic E-state index is -4.12. The number of anilines is 1. The number of carbonyl (C=O) groups is 2. The van der Waals surface area contributed by atoms with Gasteiger partial charge in [0.1, 0.15) is 0 Å². The number of amides is 2. The Hall–Kier alpha value is -3.60. The summed E-state index contributed by atoms with van der Waals surface area (Å²) in [6, 6.07) is 22.5. The number of benzene rings is 3. The van der Waals surface area contributed by atoms with Gasteiger partial charge in [-0.25, -0.2) is 0 Å². The monoisotopic (exact) mass is 530 g/mol. The third-order valence-corrected chi connectivity index (χ3v) is 6.99. The molecule has 0 spiro atoms. The molecule has 3 aromatic rings. The number of nitrogens with one attached hydrogen (secondary N) is 2. The van der Waals surface area contributed by atoms with Crippen molar-refractivity contribution < 1.29 is 22.8 Å². The highest BCUT2D eigenvalue weighted by Crippen LogP contribution is 2.26. The van der Waals surface area contributed by atoms with Gasteiger partial charge in [-0.2, -0.15) is 8.42 Å². The van der Waals surface area contributed by atoms with Crippen LogP contribution in [0.25, 0.3) is 0 Å². The van der Waals surface area contributed by atoms with Crippen LogP contribution in [0.15, 0.2) is 89.8 Å². The van der Waals surface area contributed by atoms with E-state index in [-0.39, 0.29) is 35.3 Å². The molecule has 190 valence electrons. The van der Waals surface area contributed by atoms with Crippen molar-refractivity contribution in [3.05, 3.63) is 90.5 Å². The van der Waals surface area contributed by atoms with Crippen LogP contribution in [-0.2, 0) is 14.8 Å². The molecule has 1 saturated heterocycles. The molecule has 0 aromatic heterocycles. The number of piperazine rings is 1. The number of rotatable bonds is 8. The van der Waals surface area contributed by atoms with Gasteiger partial charge >= 0.3 is 0 Å². The van der Waals surface area contributed by atoms with Crippen LogP contribution in [0.3, 0.4) is 0 Å². The molecular weight excluding hydrogens is 504 g/mol. The van der Waals surface area contributed by atoms with Gasteiger partial charge in [0.2, 0.25) is 5.91 Å². The highest BCUT2D eigenvalue weighted by Gasteiger charge is 2.28. The van der Waals surface area contributed by atoms with Gasteiger partial charge in [0.05, 0.1) is 17.1 Å². The van der Waals surface area contributed by atoms with E-state index in [2.05, 4.69) is 10.6 Å². The van der Waals surface area contributed by atoms with Crippen LogP contribution in [0.1, 0.15) is 10.4 Å². The molecule has 2 N–H and O–H groups in total. The molecule has 4 rings (SSSR count). The maximum atomic E-state index is 13.5. The highest BCUT2D eigenvalue weighted by molar-refractivity contribution is 7.92. The molecule has 9 nitrogen and oxygen atoms in total. The molecule has 0 aliphatic carbocycles. The fraction of sp³-hybridized carbons (Fsp3) is 0.200. The molecule has 11 heteroatoms. The summed E-state index contributed by atoms with van der Waals surface area (Å²) in [4.78, 5) is 32.2. The number of hydrogen-bond donors (Lipinski definition) is 2. The smallest absolute Gasteiger partial charge is 0.295 e. The Labute approximate surface area is 216 Å². The van der Waals surface area contributed by atoms with E-state index in [0.717, 1.165) is 17.6 Å². The Kier molecular flexibility index (Phi) is 9.29. The van der Waals surface area contributed by atoms with E-state index in [4.69, 9.17) is 4.84 Å². The molecule has 0 radical (unpaired) electrons.